The zero-order valence-corrected chi connectivity index (χ0v) is 23.3. The number of hydrogen-bond donors (Lipinski definition) is 2. The lowest BCUT2D eigenvalue weighted by atomic mass is 10.1. The Morgan fingerprint density at radius 2 is 1.85 bits per heavy atom. The number of aromatic nitrogens is 3. The van der Waals surface area contributed by atoms with Crippen molar-refractivity contribution < 1.29 is 14.3 Å². The molecule has 0 fully saturated rings. The summed E-state index contributed by atoms with van der Waals surface area (Å²) in [5.41, 5.74) is 4.68. The molecule has 39 heavy (non-hydrogen) atoms. The summed E-state index contributed by atoms with van der Waals surface area (Å²) >= 11 is 0. The number of nitrogens with one attached hydrogen (secondary N) is 2. The van der Waals surface area contributed by atoms with Crippen LogP contribution in [0.5, 0.6) is 11.5 Å². The zero-order valence-electron chi connectivity index (χ0n) is 23.3. The van der Waals surface area contributed by atoms with Gasteiger partial charge in [0.2, 0.25) is 5.91 Å². The van der Waals surface area contributed by atoms with Gasteiger partial charge in [-0.2, -0.15) is 0 Å². The van der Waals surface area contributed by atoms with Gasteiger partial charge in [0, 0.05) is 55.9 Å². The minimum atomic E-state index is -0.314. The molecule has 0 aliphatic carbocycles. The van der Waals surface area contributed by atoms with Gasteiger partial charge in [0.1, 0.15) is 17.8 Å². The van der Waals surface area contributed by atoms with Gasteiger partial charge in [-0.15, -0.1) is 0 Å². The van der Waals surface area contributed by atoms with Gasteiger partial charge in [0.25, 0.3) is 0 Å². The number of likely N-dealkylation sites (N-methyl/N-ethyl adjacent to an activating group) is 2. The highest BCUT2D eigenvalue weighted by Gasteiger charge is 2.21. The van der Waals surface area contributed by atoms with Crippen molar-refractivity contribution in [3.05, 3.63) is 61.6 Å². The van der Waals surface area contributed by atoms with Crippen molar-refractivity contribution in [1.29, 1.82) is 0 Å². The van der Waals surface area contributed by atoms with E-state index in [1.807, 2.05) is 58.7 Å². The van der Waals surface area contributed by atoms with E-state index >= 15 is 0 Å². The van der Waals surface area contributed by atoms with Crippen LogP contribution in [0.1, 0.15) is 0 Å². The maximum atomic E-state index is 12.3. The summed E-state index contributed by atoms with van der Waals surface area (Å²) in [6, 6.07) is 11.8. The fraction of sp³-hybridized carbons (Fsp3) is 0.276. The van der Waals surface area contributed by atoms with Crippen molar-refractivity contribution in [2.24, 2.45) is 7.05 Å². The van der Waals surface area contributed by atoms with Crippen molar-refractivity contribution in [3.8, 4) is 22.8 Å². The Morgan fingerprint density at radius 3 is 2.54 bits per heavy atom. The summed E-state index contributed by atoms with van der Waals surface area (Å²) in [5.74, 6) is 1.21. The third-order valence-corrected chi connectivity index (χ3v) is 6.47. The van der Waals surface area contributed by atoms with Crippen molar-refractivity contribution in [2.45, 2.75) is 0 Å². The Hall–Kier alpha value is -4.57. The summed E-state index contributed by atoms with van der Waals surface area (Å²) in [5, 5.41) is 7.32. The molecule has 0 saturated carbocycles. The highest BCUT2D eigenvalue weighted by Crippen LogP contribution is 2.42. The minimum Gasteiger partial charge on any atom is -0.494 e. The lowest BCUT2D eigenvalue weighted by molar-refractivity contribution is -0.111. The smallest absolute Gasteiger partial charge is 0.247 e. The molecular weight excluding hydrogens is 494 g/mol. The average Bonchev–Trinajstić information content (AvgIpc) is 3.27. The normalized spacial score (nSPS) is 10.9. The van der Waals surface area contributed by atoms with Gasteiger partial charge in [-0.25, -0.2) is 9.97 Å². The number of anilines is 4. The van der Waals surface area contributed by atoms with E-state index in [0.29, 0.717) is 34.4 Å². The van der Waals surface area contributed by atoms with Crippen LogP contribution >= 0.6 is 0 Å². The van der Waals surface area contributed by atoms with Crippen LogP contribution in [-0.2, 0) is 11.8 Å². The van der Waals surface area contributed by atoms with Crippen LogP contribution in [0.2, 0.25) is 0 Å². The fourth-order valence-corrected chi connectivity index (χ4v) is 4.41. The zero-order chi connectivity index (χ0) is 28.1. The molecular formula is C29H35N7O3. The number of benzene rings is 2. The molecule has 10 heteroatoms. The highest BCUT2D eigenvalue weighted by atomic mass is 16.5. The number of carbonyl (C=O) groups excluding carboxylic acids is 1. The number of amides is 1. The second-order valence-corrected chi connectivity index (χ2v) is 9.39. The monoisotopic (exact) mass is 529 g/mol. The SMILES string of the molecule is C=CC(=O)Nc1cc(Nc2ncnc(-c3cn(C)c4ccccc34)c2OC)c(OC)cc1N(C)CCN(C)C. The van der Waals surface area contributed by atoms with Gasteiger partial charge < -0.3 is 34.5 Å². The maximum Gasteiger partial charge on any atom is 0.247 e. The number of fused-ring (bicyclic) bond motifs is 1. The first-order valence-corrected chi connectivity index (χ1v) is 12.5. The third kappa shape index (κ3) is 5.80. The number of carbonyl (C=O) groups is 1. The largest absolute Gasteiger partial charge is 0.494 e. The van der Waals surface area contributed by atoms with Crippen molar-refractivity contribution in [2.75, 3.05) is 64.0 Å². The van der Waals surface area contributed by atoms with E-state index in [9.17, 15) is 4.79 Å². The predicted molar refractivity (Wildman–Crippen MR) is 157 cm³/mol. The quantitative estimate of drug-likeness (QED) is 0.274. The van der Waals surface area contributed by atoms with E-state index < -0.39 is 0 Å². The van der Waals surface area contributed by atoms with E-state index in [-0.39, 0.29) is 5.91 Å². The first kappa shape index (κ1) is 27.5. The second kappa shape index (κ2) is 11.9. The van der Waals surface area contributed by atoms with E-state index in [2.05, 4.69) is 53.7 Å². The number of para-hydroxylation sites is 1. The molecule has 4 rings (SSSR count). The molecule has 0 bridgehead atoms. The summed E-state index contributed by atoms with van der Waals surface area (Å²) in [6.45, 7) is 5.17. The average molecular weight is 530 g/mol. The maximum absolute atomic E-state index is 12.3. The molecule has 0 aliphatic heterocycles. The summed E-state index contributed by atoms with van der Waals surface area (Å²) in [4.78, 5) is 25.5. The second-order valence-electron chi connectivity index (χ2n) is 9.39. The molecule has 204 valence electrons. The molecule has 2 aromatic heterocycles. The number of aryl methyl sites for hydroxylation is 1. The van der Waals surface area contributed by atoms with Crippen LogP contribution < -0.4 is 25.0 Å². The van der Waals surface area contributed by atoms with Crippen LogP contribution in [0.4, 0.5) is 22.9 Å². The molecule has 0 aliphatic rings. The molecule has 4 aromatic rings. The number of methoxy groups -OCH3 is 2. The minimum absolute atomic E-state index is 0.314. The molecule has 1 amide bonds. The van der Waals surface area contributed by atoms with Crippen LogP contribution in [0.3, 0.4) is 0 Å². The van der Waals surface area contributed by atoms with Crippen LogP contribution in [-0.4, -0.2) is 73.8 Å². The van der Waals surface area contributed by atoms with Gasteiger partial charge in [-0.3, -0.25) is 4.79 Å². The molecule has 0 unspecified atom stereocenters. The molecule has 2 aromatic carbocycles. The van der Waals surface area contributed by atoms with Gasteiger partial charge in [-0.1, -0.05) is 24.8 Å². The van der Waals surface area contributed by atoms with E-state index in [1.54, 1.807) is 14.2 Å². The Morgan fingerprint density at radius 1 is 1.08 bits per heavy atom. The lowest BCUT2D eigenvalue weighted by Gasteiger charge is -2.26. The Kier molecular flexibility index (Phi) is 8.36. The Balaban J connectivity index is 1.79. The Bertz CT molecular complexity index is 1500. The molecule has 2 N–H and O–H groups in total. The predicted octanol–water partition coefficient (Wildman–Crippen LogP) is 4.52. The topological polar surface area (TPSA) is 96.8 Å². The van der Waals surface area contributed by atoms with Crippen molar-refractivity contribution >= 4 is 39.7 Å². The Labute approximate surface area is 228 Å². The number of nitrogens with zero attached hydrogens (tertiary/aromatic N) is 5. The van der Waals surface area contributed by atoms with Gasteiger partial charge in [0.05, 0.1) is 31.3 Å². The first-order chi connectivity index (χ1) is 18.8. The third-order valence-electron chi connectivity index (χ3n) is 6.47. The summed E-state index contributed by atoms with van der Waals surface area (Å²) in [6.07, 6.45) is 4.77. The lowest BCUT2D eigenvalue weighted by Crippen LogP contribution is -2.29. The van der Waals surface area contributed by atoms with Gasteiger partial charge in [0.15, 0.2) is 11.6 Å². The highest BCUT2D eigenvalue weighted by molar-refractivity contribution is 6.02. The van der Waals surface area contributed by atoms with Crippen molar-refractivity contribution in [3.63, 3.8) is 0 Å². The molecule has 10 nitrogen and oxygen atoms in total. The van der Waals surface area contributed by atoms with E-state index in [0.717, 1.165) is 35.2 Å². The van der Waals surface area contributed by atoms with Crippen LogP contribution in [0.25, 0.3) is 22.2 Å². The van der Waals surface area contributed by atoms with Crippen LogP contribution in [0, 0.1) is 0 Å². The summed E-state index contributed by atoms with van der Waals surface area (Å²) in [7, 11) is 11.2. The molecule has 0 spiro atoms. The van der Waals surface area contributed by atoms with Gasteiger partial charge >= 0.3 is 0 Å². The van der Waals surface area contributed by atoms with Gasteiger partial charge in [-0.05, 0) is 32.3 Å². The molecule has 0 atom stereocenters. The standard InChI is InChI=1S/C29H35N7O3/c1-8-26(37)32-21-15-22(25(38-6)16-24(21)35(4)14-13-34(2)3)33-29-28(39-7)27(30-18-31-29)20-17-36(5)23-12-10-9-11-19(20)23/h8-12,15-18H,1,13-14H2,2-7H3,(H,32,37)(H,30,31,33). The first-order valence-electron chi connectivity index (χ1n) is 12.5. The fourth-order valence-electron chi connectivity index (χ4n) is 4.41. The summed E-state index contributed by atoms with van der Waals surface area (Å²) < 4.78 is 13.6. The van der Waals surface area contributed by atoms with Crippen molar-refractivity contribution in [1.82, 2.24) is 19.4 Å². The molecule has 0 saturated heterocycles. The number of ether oxygens (including phenoxy) is 2. The van der Waals surface area contributed by atoms with E-state index in [4.69, 9.17) is 9.47 Å². The number of hydrogen-bond acceptors (Lipinski definition) is 8. The molecule has 0 radical (unpaired) electrons. The van der Waals surface area contributed by atoms with E-state index in [1.165, 1.54) is 12.4 Å². The van der Waals surface area contributed by atoms with Crippen LogP contribution in [0.15, 0.2) is 61.6 Å². The number of rotatable bonds is 11. The molecule has 2 heterocycles.